The first-order valence-electron chi connectivity index (χ1n) is 6.10. The van der Waals surface area contributed by atoms with E-state index in [2.05, 4.69) is 19.2 Å². The molecule has 1 N–H and O–H groups in total. The maximum atomic E-state index is 11.7. The van der Waals surface area contributed by atoms with Crippen molar-refractivity contribution in [3.8, 4) is 5.75 Å². The number of rotatable bonds is 4. The normalized spacial score (nSPS) is 14.8. The molecule has 1 aromatic carbocycles. The zero-order valence-corrected chi connectivity index (χ0v) is 10.6. The minimum atomic E-state index is 0.112. The van der Waals surface area contributed by atoms with E-state index in [1.165, 1.54) is 5.56 Å². The van der Waals surface area contributed by atoms with Crippen LogP contribution in [0.5, 0.6) is 5.75 Å². The largest absolute Gasteiger partial charge is 0.495 e. The number of hydrogen-bond acceptors (Lipinski definition) is 2. The first-order chi connectivity index (χ1) is 8.11. The molecular weight excluding hydrogens is 214 g/mol. The monoisotopic (exact) mass is 233 g/mol. The smallest absolute Gasteiger partial charge is 0.227 e. The van der Waals surface area contributed by atoms with Gasteiger partial charge in [0.15, 0.2) is 0 Å². The fourth-order valence-corrected chi connectivity index (χ4v) is 1.75. The summed E-state index contributed by atoms with van der Waals surface area (Å²) in [6.45, 7) is 4.27. The molecule has 3 heteroatoms. The summed E-state index contributed by atoms with van der Waals surface area (Å²) in [5.74, 6) is 1.52. The predicted octanol–water partition coefficient (Wildman–Crippen LogP) is 3.17. The Kier molecular flexibility index (Phi) is 3.36. The summed E-state index contributed by atoms with van der Waals surface area (Å²) in [5.41, 5.74) is 1.99. The van der Waals surface area contributed by atoms with E-state index in [1.807, 2.05) is 18.2 Å². The zero-order valence-electron chi connectivity index (χ0n) is 10.6. The molecule has 1 aromatic rings. The van der Waals surface area contributed by atoms with Gasteiger partial charge in [-0.25, -0.2) is 0 Å². The molecule has 0 heterocycles. The van der Waals surface area contributed by atoms with Crippen LogP contribution in [0.25, 0.3) is 0 Å². The Morgan fingerprint density at radius 1 is 1.41 bits per heavy atom. The maximum Gasteiger partial charge on any atom is 0.227 e. The van der Waals surface area contributed by atoms with Crippen molar-refractivity contribution in [2.45, 2.75) is 32.6 Å². The lowest BCUT2D eigenvalue weighted by molar-refractivity contribution is -0.117. The van der Waals surface area contributed by atoms with Gasteiger partial charge in [0.25, 0.3) is 0 Å². The highest BCUT2D eigenvalue weighted by Crippen LogP contribution is 2.33. The Balaban J connectivity index is 2.18. The van der Waals surface area contributed by atoms with E-state index in [-0.39, 0.29) is 11.8 Å². The molecule has 1 aliphatic rings. The summed E-state index contributed by atoms with van der Waals surface area (Å²) < 4.78 is 5.32. The lowest BCUT2D eigenvalue weighted by Gasteiger charge is -2.13. The molecule has 0 unspecified atom stereocenters. The molecule has 0 bridgehead atoms. The van der Waals surface area contributed by atoms with Crippen LogP contribution in [-0.2, 0) is 4.79 Å². The summed E-state index contributed by atoms with van der Waals surface area (Å²) in [5, 5.41) is 2.93. The van der Waals surface area contributed by atoms with Crippen molar-refractivity contribution < 1.29 is 9.53 Å². The minimum Gasteiger partial charge on any atom is -0.495 e. The lowest BCUT2D eigenvalue weighted by Crippen LogP contribution is -2.14. The van der Waals surface area contributed by atoms with Gasteiger partial charge in [-0.2, -0.15) is 0 Å². The molecule has 1 saturated carbocycles. The fourth-order valence-electron chi connectivity index (χ4n) is 1.75. The van der Waals surface area contributed by atoms with Gasteiger partial charge in [0, 0.05) is 5.92 Å². The van der Waals surface area contributed by atoms with Crippen molar-refractivity contribution in [1.29, 1.82) is 0 Å². The van der Waals surface area contributed by atoms with Gasteiger partial charge >= 0.3 is 0 Å². The average molecular weight is 233 g/mol. The minimum absolute atomic E-state index is 0.112. The van der Waals surface area contributed by atoms with Gasteiger partial charge in [-0.05, 0) is 36.5 Å². The number of anilines is 1. The van der Waals surface area contributed by atoms with E-state index in [1.54, 1.807) is 7.11 Å². The van der Waals surface area contributed by atoms with E-state index in [0.717, 1.165) is 24.3 Å². The Bertz CT molecular complexity index is 422. The lowest BCUT2D eigenvalue weighted by atomic mass is 10.0. The highest BCUT2D eigenvalue weighted by molar-refractivity contribution is 5.95. The molecule has 0 radical (unpaired) electrons. The van der Waals surface area contributed by atoms with E-state index >= 15 is 0 Å². The summed E-state index contributed by atoms with van der Waals surface area (Å²) in [7, 11) is 1.63. The van der Waals surface area contributed by atoms with Gasteiger partial charge in [0.2, 0.25) is 5.91 Å². The number of nitrogens with one attached hydrogen (secondary N) is 1. The molecule has 0 saturated heterocycles. The first kappa shape index (κ1) is 12.0. The second kappa shape index (κ2) is 4.78. The van der Waals surface area contributed by atoms with Gasteiger partial charge in [0.05, 0.1) is 12.8 Å². The number of methoxy groups -OCH3 is 1. The van der Waals surface area contributed by atoms with Crippen LogP contribution in [0.3, 0.4) is 0 Å². The Hall–Kier alpha value is -1.51. The molecular formula is C14H19NO2. The van der Waals surface area contributed by atoms with Crippen LogP contribution >= 0.6 is 0 Å². The number of carbonyl (C=O) groups excluding carboxylic acids is 1. The van der Waals surface area contributed by atoms with Crippen LogP contribution in [0.1, 0.15) is 38.2 Å². The summed E-state index contributed by atoms with van der Waals surface area (Å²) in [4.78, 5) is 11.7. The molecule has 1 fully saturated rings. The molecule has 3 nitrogen and oxygen atoms in total. The van der Waals surface area contributed by atoms with Crippen molar-refractivity contribution in [2.24, 2.45) is 5.92 Å². The highest BCUT2D eigenvalue weighted by Gasteiger charge is 2.30. The third kappa shape index (κ3) is 2.78. The molecule has 2 rings (SSSR count). The van der Waals surface area contributed by atoms with Gasteiger partial charge in [0.1, 0.15) is 5.75 Å². The SMILES string of the molecule is COc1cc(C(C)C)ccc1NC(=O)C1CC1. The Morgan fingerprint density at radius 2 is 2.12 bits per heavy atom. The van der Waals surface area contributed by atoms with E-state index in [4.69, 9.17) is 4.74 Å². The fraction of sp³-hybridized carbons (Fsp3) is 0.500. The van der Waals surface area contributed by atoms with Crippen molar-refractivity contribution in [2.75, 3.05) is 12.4 Å². The molecule has 17 heavy (non-hydrogen) atoms. The second-order valence-electron chi connectivity index (χ2n) is 4.88. The maximum absolute atomic E-state index is 11.7. The van der Waals surface area contributed by atoms with Crippen molar-refractivity contribution in [3.05, 3.63) is 23.8 Å². The van der Waals surface area contributed by atoms with Gasteiger partial charge in [-0.15, -0.1) is 0 Å². The van der Waals surface area contributed by atoms with Crippen LogP contribution in [0, 0.1) is 5.92 Å². The molecule has 0 aromatic heterocycles. The van der Waals surface area contributed by atoms with E-state index in [9.17, 15) is 4.79 Å². The van der Waals surface area contributed by atoms with Crippen molar-refractivity contribution >= 4 is 11.6 Å². The number of carbonyl (C=O) groups is 1. The average Bonchev–Trinajstić information content (AvgIpc) is 3.13. The highest BCUT2D eigenvalue weighted by atomic mass is 16.5. The van der Waals surface area contributed by atoms with Gasteiger partial charge < -0.3 is 10.1 Å². The van der Waals surface area contributed by atoms with Crippen LogP contribution in [0.4, 0.5) is 5.69 Å². The Labute approximate surface area is 102 Å². The zero-order chi connectivity index (χ0) is 12.4. The third-order valence-corrected chi connectivity index (χ3v) is 3.10. The third-order valence-electron chi connectivity index (χ3n) is 3.10. The van der Waals surface area contributed by atoms with E-state index in [0.29, 0.717) is 5.92 Å². The van der Waals surface area contributed by atoms with Crippen LogP contribution < -0.4 is 10.1 Å². The summed E-state index contributed by atoms with van der Waals surface area (Å²) >= 11 is 0. The number of amides is 1. The molecule has 0 atom stereocenters. The number of hydrogen-bond donors (Lipinski definition) is 1. The molecule has 0 aliphatic heterocycles. The molecule has 0 spiro atoms. The predicted molar refractivity (Wildman–Crippen MR) is 68.4 cm³/mol. The standard InChI is InChI=1S/C14H19NO2/c1-9(2)11-6-7-12(13(8-11)17-3)15-14(16)10-4-5-10/h6-10H,4-5H2,1-3H3,(H,15,16). The van der Waals surface area contributed by atoms with Crippen LogP contribution in [0.15, 0.2) is 18.2 Å². The second-order valence-corrected chi connectivity index (χ2v) is 4.88. The molecule has 1 aliphatic carbocycles. The first-order valence-corrected chi connectivity index (χ1v) is 6.10. The molecule has 92 valence electrons. The van der Waals surface area contributed by atoms with Gasteiger partial charge in [-0.3, -0.25) is 4.79 Å². The van der Waals surface area contributed by atoms with E-state index < -0.39 is 0 Å². The number of benzene rings is 1. The molecule has 1 amide bonds. The van der Waals surface area contributed by atoms with Crippen LogP contribution in [-0.4, -0.2) is 13.0 Å². The topological polar surface area (TPSA) is 38.3 Å². The van der Waals surface area contributed by atoms with Gasteiger partial charge in [-0.1, -0.05) is 19.9 Å². The summed E-state index contributed by atoms with van der Waals surface area (Å²) in [6, 6.07) is 5.96. The summed E-state index contributed by atoms with van der Waals surface area (Å²) in [6.07, 6.45) is 2.02. The van der Waals surface area contributed by atoms with Crippen LogP contribution in [0.2, 0.25) is 0 Å². The Morgan fingerprint density at radius 3 is 2.65 bits per heavy atom. The van der Waals surface area contributed by atoms with Crippen molar-refractivity contribution in [1.82, 2.24) is 0 Å². The number of ether oxygens (including phenoxy) is 1. The van der Waals surface area contributed by atoms with Crippen molar-refractivity contribution in [3.63, 3.8) is 0 Å². The quantitative estimate of drug-likeness (QED) is 0.867.